The fraction of sp³-hybridized carbons (Fsp3) is 0.0800. The zero-order chi connectivity index (χ0) is 21.9. The molecule has 0 aliphatic carbocycles. The number of methoxy groups -OCH3 is 1. The molecular formula is C25H19N3O4. The van der Waals surface area contributed by atoms with Crippen LogP contribution in [0.3, 0.4) is 0 Å². The molecule has 0 spiro atoms. The van der Waals surface area contributed by atoms with Gasteiger partial charge in [-0.05, 0) is 47.5 Å². The number of amidine groups is 1. The summed E-state index contributed by atoms with van der Waals surface area (Å²) in [6.07, 6.45) is 3.34. The van der Waals surface area contributed by atoms with Crippen molar-refractivity contribution >= 4 is 24.0 Å². The smallest absolute Gasteiger partial charge is 0.298 e. The van der Waals surface area contributed by atoms with E-state index in [0.29, 0.717) is 23.0 Å². The summed E-state index contributed by atoms with van der Waals surface area (Å²) in [4.78, 5) is 17.8. The fourth-order valence-corrected chi connectivity index (χ4v) is 3.36. The third-order valence-corrected chi connectivity index (χ3v) is 5.01. The molecule has 158 valence electrons. The van der Waals surface area contributed by atoms with Gasteiger partial charge < -0.3 is 14.2 Å². The Bertz CT molecular complexity index is 1250. The molecule has 5 rings (SSSR count). The summed E-state index contributed by atoms with van der Waals surface area (Å²) in [6, 6.07) is 22.4. The number of benzene rings is 3. The highest BCUT2D eigenvalue weighted by atomic mass is 16.7. The van der Waals surface area contributed by atoms with Gasteiger partial charge in [0.05, 0.1) is 13.3 Å². The number of nitrogens with zero attached hydrogens (tertiary/aromatic N) is 3. The summed E-state index contributed by atoms with van der Waals surface area (Å²) < 4.78 is 16.0. The van der Waals surface area contributed by atoms with Gasteiger partial charge in [-0.2, -0.15) is 10.1 Å². The van der Waals surface area contributed by atoms with Crippen molar-refractivity contribution in [2.75, 3.05) is 13.9 Å². The van der Waals surface area contributed by atoms with Crippen molar-refractivity contribution in [2.45, 2.75) is 0 Å². The molecule has 32 heavy (non-hydrogen) atoms. The van der Waals surface area contributed by atoms with Gasteiger partial charge in [-0.15, -0.1) is 0 Å². The molecule has 3 aromatic rings. The lowest BCUT2D eigenvalue weighted by atomic mass is 10.2. The molecule has 7 nitrogen and oxygen atoms in total. The van der Waals surface area contributed by atoms with Gasteiger partial charge >= 0.3 is 0 Å². The highest BCUT2D eigenvalue weighted by Crippen LogP contribution is 2.32. The van der Waals surface area contributed by atoms with Crippen molar-refractivity contribution in [2.24, 2.45) is 10.1 Å². The number of hydrazone groups is 1. The molecule has 0 aromatic heterocycles. The van der Waals surface area contributed by atoms with Crippen LogP contribution in [0.1, 0.15) is 16.7 Å². The first kappa shape index (κ1) is 19.6. The minimum Gasteiger partial charge on any atom is -0.497 e. The molecule has 0 atom stereocenters. The summed E-state index contributed by atoms with van der Waals surface area (Å²) in [6.45, 7) is 0.199. The van der Waals surface area contributed by atoms with Gasteiger partial charge in [0.15, 0.2) is 17.3 Å². The minimum absolute atomic E-state index is 0.199. The second kappa shape index (κ2) is 8.39. The molecule has 2 heterocycles. The third-order valence-electron chi connectivity index (χ3n) is 5.01. The Morgan fingerprint density at radius 2 is 1.72 bits per heavy atom. The first-order chi connectivity index (χ1) is 15.7. The van der Waals surface area contributed by atoms with E-state index in [2.05, 4.69) is 10.1 Å². The second-order valence-electron chi connectivity index (χ2n) is 7.08. The molecule has 0 saturated carbocycles. The van der Waals surface area contributed by atoms with Crippen molar-refractivity contribution in [1.82, 2.24) is 5.01 Å². The molecule has 0 radical (unpaired) electrons. The van der Waals surface area contributed by atoms with Gasteiger partial charge in [-0.3, -0.25) is 4.79 Å². The first-order valence-corrected chi connectivity index (χ1v) is 9.99. The molecule has 0 saturated heterocycles. The number of rotatable bonds is 5. The number of aliphatic imine (C=N–C) groups is 1. The van der Waals surface area contributed by atoms with Crippen LogP contribution in [0.15, 0.2) is 88.6 Å². The summed E-state index contributed by atoms with van der Waals surface area (Å²) in [5.41, 5.74) is 2.72. The number of hydrogen-bond donors (Lipinski definition) is 0. The van der Waals surface area contributed by atoms with Crippen LogP contribution in [0, 0.1) is 0 Å². The van der Waals surface area contributed by atoms with Crippen LogP contribution in [0.5, 0.6) is 17.2 Å². The zero-order valence-corrected chi connectivity index (χ0v) is 17.3. The van der Waals surface area contributed by atoms with Gasteiger partial charge in [0.25, 0.3) is 5.91 Å². The van der Waals surface area contributed by atoms with Gasteiger partial charge in [0, 0.05) is 5.56 Å². The lowest BCUT2D eigenvalue weighted by molar-refractivity contribution is -0.122. The Kier molecular flexibility index (Phi) is 5.13. The number of ether oxygens (including phenoxy) is 3. The number of carbonyl (C=O) groups excluding carboxylic acids is 1. The van der Waals surface area contributed by atoms with Crippen LogP contribution in [-0.4, -0.2) is 36.9 Å². The molecule has 0 unspecified atom stereocenters. The van der Waals surface area contributed by atoms with Crippen molar-refractivity contribution in [3.63, 3.8) is 0 Å². The normalized spacial score (nSPS) is 16.2. The van der Waals surface area contributed by atoms with Gasteiger partial charge in [0.2, 0.25) is 6.79 Å². The van der Waals surface area contributed by atoms with Crippen LogP contribution < -0.4 is 14.2 Å². The van der Waals surface area contributed by atoms with E-state index in [1.165, 1.54) is 5.01 Å². The summed E-state index contributed by atoms with van der Waals surface area (Å²) in [5.74, 6) is 2.24. The maximum Gasteiger partial charge on any atom is 0.298 e. The predicted molar refractivity (Wildman–Crippen MR) is 121 cm³/mol. The lowest BCUT2D eigenvalue weighted by Gasteiger charge is -2.12. The maximum absolute atomic E-state index is 13.2. The van der Waals surface area contributed by atoms with Crippen LogP contribution in [-0.2, 0) is 4.79 Å². The summed E-state index contributed by atoms with van der Waals surface area (Å²) in [7, 11) is 1.61. The van der Waals surface area contributed by atoms with E-state index in [-0.39, 0.29) is 12.7 Å². The van der Waals surface area contributed by atoms with Crippen molar-refractivity contribution in [3.05, 3.63) is 95.2 Å². The predicted octanol–water partition coefficient (Wildman–Crippen LogP) is 4.09. The van der Waals surface area contributed by atoms with E-state index in [4.69, 9.17) is 14.2 Å². The zero-order valence-electron chi connectivity index (χ0n) is 17.3. The standard InChI is InChI=1S/C25H19N3O4/c1-30-20-10-7-17(8-11-20)13-21-25(29)28(24(27-21)19-5-3-2-4-6-19)26-15-18-9-12-22-23(14-18)32-16-31-22/h2-15H,16H2,1H3/b21-13-,26-15+. The molecule has 0 N–H and O–H groups in total. The topological polar surface area (TPSA) is 72.7 Å². The van der Waals surface area contributed by atoms with Crippen LogP contribution in [0.4, 0.5) is 0 Å². The lowest BCUT2D eigenvalue weighted by Crippen LogP contribution is -2.27. The SMILES string of the molecule is COc1ccc(/C=C2\N=C(c3ccccc3)N(/N=C/c3ccc4c(c3)OCO4)C2=O)cc1. The quantitative estimate of drug-likeness (QED) is 0.456. The Labute approximate surface area is 184 Å². The second-order valence-corrected chi connectivity index (χ2v) is 7.08. The molecule has 7 heteroatoms. The Balaban J connectivity index is 1.48. The first-order valence-electron chi connectivity index (χ1n) is 9.99. The third kappa shape index (κ3) is 3.83. The Hall–Kier alpha value is -4.39. The van der Waals surface area contributed by atoms with Gasteiger partial charge in [-0.25, -0.2) is 4.99 Å². The molecule has 0 fully saturated rings. The maximum atomic E-state index is 13.2. The van der Waals surface area contributed by atoms with E-state index >= 15 is 0 Å². The van der Waals surface area contributed by atoms with Crippen molar-refractivity contribution < 1.29 is 19.0 Å². The van der Waals surface area contributed by atoms with E-state index < -0.39 is 0 Å². The number of amides is 1. The molecule has 3 aromatic carbocycles. The highest BCUT2D eigenvalue weighted by molar-refractivity contribution is 6.19. The van der Waals surface area contributed by atoms with E-state index in [0.717, 1.165) is 22.4 Å². The van der Waals surface area contributed by atoms with Crippen molar-refractivity contribution in [1.29, 1.82) is 0 Å². The monoisotopic (exact) mass is 425 g/mol. The van der Waals surface area contributed by atoms with E-state index in [1.807, 2.05) is 72.8 Å². The molecule has 1 amide bonds. The molecule has 0 bridgehead atoms. The van der Waals surface area contributed by atoms with Gasteiger partial charge in [0.1, 0.15) is 11.4 Å². The minimum atomic E-state index is -0.309. The molecular weight excluding hydrogens is 406 g/mol. The largest absolute Gasteiger partial charge is 0.497 e. The Morgan fingerprint density at radius 3 is 2.50 bits per heavy atom. The van der Waals surface area contributed by atoms with Gasteiger partial charge in [-0.1, -0.05) is 42.5 Å². The number of fused-ring (bicyclic) bond motifs is 1. The number of hydrogen-bond acceptors (Lipinski definition) is 6. The summed E-state index contributed by atoms with van der Waals surface area (Å²) >= 11 is 0. The van der Waals surface area contributed by atoms with E-state index in [9.17, 15) is 4.79 Å². The highest BCUT2D eigenvalue weighted by Gasteiger charge is 2.31. The van der Waals surface area contributed by atoms with Crippen LogP contribution in [0.2, 0.25) is 0 Å². The summed E-state index contributed by atoms with van der Waals surface area (Å²) in [5, 5.41) is 5.76. The fourth-order valence-electron chi connectivity index (χ4n) is 3.36. The number of carbonyl (C=O) groups is 1. The average Bonchev–Trinajstić information content (AvgIpc) is 3.43. The molecule has 2 aliphatic rings. The van der Waals surface area contributed by atoms with Crippen LogP contribution >= 0.6 is 0 Å². The average molecular weight is 425 g/mol. The van der Waals surface area contributed by atoms with Crippen molar-refractivity contribution in [3.8, 4) is 17.2 Å². The Morgan fingerprint density at radius 1 is 0.969 bits per heavy atom. The molecule has 2 aliphatic heterocycles. The van der Waals surface area contributed by atoms with E-state index in [1.54, 1.807) is 19.4 Å². The van der Waals surface area contributed by atoms with Crippen LogP contribution in [0.25, 0.3) is 6.08 Å².